The SMILES string of the molecule is COC(=O)N1CCN(C(=O)[C@@H]2CN(c3ccc(=O)n(C)n3)C[C@H]2c2ccc(OC)cc2F)CCC[C@H]1c1ccc(Cl)cc1. The van der Waals surface area contributed by atoms with Crippen LogP contribution in [0.5, 0.6) is 5.75 Å². The highest BCUT2D eigenvalue weighted by Crippen LogP contribution is 2.38. The number of methoxy groups -OCH3 is 2. The monoisotopic (exact) mass is 611 g/mol. The molecule has 3 aromatic rings. The molecule has 0 N–H and O–H groups in total. The number of anilines is 1. The average Bonchev–Trinajstić information content (AvgIpc) is 3.43. The zero-order chi connectivity index (χ0) is 30.7. The van der Waals surface area contributed by atoms with Gasteiger partial charge in [-0.2, -0.15) is 5.10 Å². The largest absolute Gasteiger partial charge is 0.497 e. The third-order valence-electron chi connectivity index (χ3n) is 8.38. The van der Waals surface area contributed by atoms with Crippen molar-refractivity contribution in [3.8, 4) is 5.75 Å². The maximum Gasteiger partial charge on any atom is 0.410 e. The molecule has 0 unspecified atom stereocenters. The third-order valence-corrected chi connectivity index (χ3v) is 8.63. The smallest absolute Gasteiger partial charge is 0.410 e. The van der Waals surface area contributed by atoms with E-state index in [1.54, 1.807) is 47.2 Å². The Kier molecular flexibility index (Phi) is 9.19. The van der Waals surface area contributed by atoms with Crippen molar-refractivity contribution in [2.75, 3.05) is 51.8 Å². The summed E-state index contributed by atoms with van der Waals surface area (Å²) < 4.78 is 26.9. The molecule has 2 aliphatic rings. The first-order valence-electron chi connectivity index (χ1n) is 14.2. The summed E-state index contributed by atoms with van der Waals surface area (Å²) in [4.78, 5) is 44.4. The van der Waals surface area contributed by atoms with E-state index in [-0.39, 0.29) is 24.1 Å². The number of aromatic nitrogens is 2. The molecule has 12 heteroatoms. The van der Waals surface area contributed by atoms with Gasteiger partial charge in [0.05, 0.1) is 26.2 Å². The van der Waals surface area contributed by atoms with Crippen LogP contribution in [-0.2, 0) is 16.6 Å². The minimum atomic E-state index is -0.583. The van der Waals surface area contributed by atoms with Crippen molar-refractivity contribution in [2.45, 2.75) is 24.8 Å². The lowest BCUT2D eigenvalue weighted by atomic mass is 9.87. The number of carbonyl (C=O) groups excluding carboxylic acids is 2. The number of halogens is 2. The lowest BCUT2D eigenvalue weighted by Crippen LogP contribution is -2.47. The van der Waals surface area contributed by atoms with E-state index >= 15 is 4.39 Å². The molecular weight excluding hydrogens is 577 g/mol. The molecule has 1 aromatic heterocycles. The first kappa shape index (κ1) is 30.3. The minimum absolute atomic E-state index is 0.123. The molecule has 43 heavy (non-hydrogen) atoms. The van der Waals surface area contributed by atoms with Crippen molar-refractivity contribution < 1.29 is 23.5 Å². The summed E-state index contributed by atoms with van der Waals surface area (Å²) in [5.41, 5.74) is 1.11. The Balaban J connectivity index is 1.42. The summed E-state index contributed by atoms with van der Waals surface area (Å²) in [7, 11) is 4.38. The second-order valence-electron chi connectivity index (χ2n) is 10.9. The maximum atomic E-state index is 15.4. The van der Waals surface area contributed by atoms with Crippen LogP contribution in [0.4, 0.5) is 15.0 Å². The van der Waals surface area contributed by atoms with Crippen molar-refractivity contribution >= 4 is 29.4 Å². The van der Waals surface area contributed by atoms with Gasteiger partial charge in [0.2, 0.25) is 5.91 Å². The van der Waals surface area contributed by atoms with Gasteiger partial charge in [-0.05, 0) is 48.2 Å². The zero-order valence-electron chi connectivity index (χ0n) is 24.4. The van der Waals surface area contributed by atoms with E-state index < -0.39 is 23.7 Å². The van der Waals surface area contributed by atoms with Crippen molar-refractivity contribution in [1.29, 1.82) is 0 Å². The van der Waals surface area contributed by atoms with Gasteiger partial charge in [-0.3, -0.25) is 14.5 Å². The Morgan fingerprint density at radius 1 is 1.00 bits per heavy atom. The van der Waals surface area contributed by atoms with Crippen LogP contribution < -0.4 is 15.2 Å². The fraction of sp³-hybridized carbons (Fsp3) is 0.419. The molecule has 5 rings (SSSR count). The molecule has 0 spiro atoms. The number of hydrogen-bond acceptors (Lipinski definition) is 7. The highest BCUT2D eigenvalue weighted by molar-refractivity contribution is 6.30. The number of nitrogens with zero attached hydrogens (tertiary/aromatic N) is 5. The maximum absolute atomic E-state index is 15.4. The van der Waals surface area contributed by atoms with Crippen LogP contribution in [0.25, 0.3) is 0 Å². The van der Waals surface area contributed by atoms with Gasteiger partial charge in [0, 0.05) is 62.8 Å². The number of aryl methyl sites for hydroxylation is 1. The Hall–Kier alpha value is -4.12. The van der Waals surface area contributed by atoms with E-state index in [2.05, 4.69) is 5.10 Å². The number of benzene rings is 2. The highest BCUT2D eigenvalue weighted by atomic mass is 35.5. The zero-order valence-corrected chi connectivity index (χ0v) is 25.2. The molecule has 2 aromatic carbocycles. The van der Waals surface area contributed by atoms with Gasteiger partial charge in [0.1, 0.15) is 17.4 Å². The Morgan fingerprint density at radius 3 is 2.44 bits per heavy atom. The molecule has 3 atom stereocenters. The fourth-order valence-corrected chi connectivity index (χ4v) is 6.23. The van der Waals surface area contributed by atoms with Gasteiger partial charge in [0.15, 0.2) is 0 Å². The molecule has 2 saturated heterocycles. The quantitative estimate of drug-likeness (QED) is 0.426. The summed E-state index contributed by atoms with van der Waals surface area (Å²) in [6.07, 6.45) is 0.795. The molecule has 2 amide bonds. The normalized spacial score (nSPS) is 20.9. The van der Waals surface area contributed by atoms with E-state index in [0.29, 0.717) is 61.2 Å². The van der Waals surface area contributed by atoms with E-state index in [1.807, 2.05) is 17.0 Å². The first-order chi connectivity index (χ1) is 20.7. The van der Waals surface area contributed by atoms with Crippen molar-refractivity contribution in [1.82, 2.24) is 19.6 Å². The molecule has 0 radical (unpaired) electrons. The molecule has 3 heterocycles. The van der Waals surface area contributed by atoms with Crippen LogP contribution in [-0.4, -0.2) is 78.5 Å². The van der Waals surface area contributed by atoms with Gasteiger partial charge < -0.3 is 19.3 Å². The molecule has 2 aliphatic heterocycles. The molecule has 10 nitrogen and oxygen atoms in total. The predicted octanol–water partition coefficient (Wildman–Crippen LogP) is 4.23. The lowest BCUT2D eigenvalue weighted by Gasteiger charge is -2.37. The van der Waals surface area contributed by atoms with Crippen LogP contribution in [0.3, 0.4) is 0 Å². The third kappa shape index (κ3) is 6.46. The lowest BCUT2D eigenvalue weighted by molar-refractivity contribution is -0.136. The summed E-state index contributed by atoms with van der Waals surface area (Å²) in [5.74, 6) is -0.705. The van der Waals surface area contributed by atoms with Crippen LogP contribution in [0.15, 0.2) is 59.4 Å². The molecule has 2 fully saturated rings. The topological polar surface area (TPSA) is 97.2 Å². The number of ether oxygens (including phenoxy) is 2. The van der Waals surface area contributed by atoms with E-state index in [4.69, 9.17) is 21.1 Å². The number of rotatable bonds is 5. The van der Waals surface area contributed by atoms with Gasteiger partial charge in [0.25, 0.3) is 5.56 Å². The van der Waals surface area contributed by atoms with Gasteiger partial charge in [-0.1, -0.05) is 29.8 Å². The van der Waals surface area contributed by atoms with Crippen LogP contribution in [0.1, 0.15) is 35.9 Å². The van der Waals surface area contributed by atoms with Crippen LogP contribution in [0.2, 0.25) is 5.02 Å². The van der Waals surface area contributed by atoms with Gasteiger partial charge in [-0.15, -0.1) is 0 Å². The average molecular weight is 612 g/mol. The predicted molar refractivity (Wildman–Crippen MR) is 160 cm³/mol. The van der Waals surface area contributed by atoms with Gasteiger partial charge >= 0.3 is 6.09 Å². The Bertz CT molecular complexity index is 1530. The molecule has 0 aliphatic carbocycles. The molecule has 0 bridgehead atoms. The summed E-state index contributed by atoms with van der Waals surface area (Å²) in [5, 5.41) is 4.98. The van der Waals surface area contributed by atoms with Crippen LogP contribution in [0, 0.1) is 11.7 Å². The van der Waals surface area contributed by atoms with E-state index in [0.717, 1.165) is 5.56 Å². The van der Waals surface area contributed by atoms with Crippen molar-refractivity contribution in [3.63, 3.8) is 0 Å². The molecular formula is C31H35ClFN5O5. The second kappa shape index (κ2) is 13.0. The van der Waals surface area contributed by atoms with Crippen molar-refractivity contribution in [3.05, 3.63) is 86.9 Å². The van der Waals surface area contributed by atoms with Crippen molar-refractivity contribution in [2.24, 2.45) is 13.0 Å². The number of hydrogen-bond donors (Lipinski definition) is 0. The molecule has 0 saturated carbocycles. The van der Waals surface area contributed by atoms with E-state index in [9.17, 15) is 14.4 Å². The fourth-order valence-electron chi connectivity index (χ4n) is 6.10. The Morgan fingerprint density at radius 2 is 1.77 bits per heavy atom. The second-order valence-corrected chi connectivity index (χ2v) is 11.3. The standard InChI is InChI=1S/C31H35ClFN5O5/c1-35-29(39)13-12-28(34-35)37-18-24(23-11-10-22(42-2)17-26(23)33)25(19-37)30(40)36-14-4-5-27(20-6-8-21(32)9-7-20)38(16-15-36)31(41)43-3/h6-13,17,24-25,27H,4-5,14-16,18-19H2,1-3H3/t24-,25+,27-/m0/s1. The summed E-state index contributed by atoms with van der Waals surface area (Å²) in [6, 6.07) is 14.9. The number of amides is 2. The minimum Gasteiger partial charge on any atom is -0.497 e. The number of carbonyl (C=O) groups is 2. The van der Waals surface area contributed by atoms with Gasteiger partial charge in [-0.25, -0.2) is 13.9 Å². The first-order valence-corrected chi connectivity index (χ1v) is 14.6. The van der Waals surface area contributed by atoms with Crippen LogP contribution >= 0.6 is 11.6 Å². The Labute approximate surface area is 254 Å². The van der Waals surface area contributed by atoms with E-state index in [1.165, 1.54) is 31.0 Å². The summed E-state index contributed by atoms with van der Waals surface area (Å²) >= 11 is 6.09. The molecule has 228 valence electrons. The highest BCUT2D eigenvalue weighted by Gasteiger charge is 2.43. The summed E-state index contributed by atoms with van der Waals surface area (Å²) in [6.45, 7) is 1.69.